The van der Waals surface area contributed by atoms with E-state index in [1.54, 1.807) is 6.07 Å². The summed E-state index contributed by atoms with van der Waals surface area (Å²) >= 11 is 11.9. The first-order valence-corrected chi connectivity index (χ1v) is 7.01. The molecule has 2 N–H and O–H groups in total. The first-order valence-electron chi connectivity index (χ1n) is 6.25. The van der Waals surface area contributed by atoms with Crippen LogP contribution in [0.3, 0.4) is 0 Å². The Morgan fingerprint density at radius 2 is 1.95 bits per heavy atom. The molecule has 0 aliphatic rings. The maximum absolute atomic E-state index is 10.4. The molecule has 0 aliphatic carbocycles. The number of benzene rings is 1. The Morgan fingerprint density at radius 1 is 1.26 bits per heavy atom. The maximum atomic E-state index is 10.4. The molecule has 5 heteroatoms. The molecule has 0 amide bonds. The molecular formula is C14H19Cl2NO2. The predicted molar refractivity (Wildman–Crippen MR) is 79.0 cm³/mol. The van der Waals surface area contributed by atoms with Crippen LogP contribution in [0.2, 0.25) is 10.0 Å². The fraction of sp³-hybridized carbons (Fsp3) is 0.500. The molecule has 0 aromatic heterocycles. The van der Waals surface area contributed by atoms with E-state index in [4.69, 9.17) is 28.3 Å². The largest absolute Gasteiger partial charge is 0.481 e. The van der Waals surface area contributed by atoms with Crippen LogP contribution in [0.25, 0.3) is 0 Å². The Balaban J connectivity index is 2.50. The molecule has 19 heavy (non-hydrogen) atoms. The molecule has 0 atom stereocenters. The van der Waals surface area contributed by atoms with Crippen LogP contribution >= 0.6 is 23.2 Å². The van der Waals surface area contributed by atoms with Crippen molar-refractivity contribution in [3.63, 3.8) is 0 Å². The van der Waals surface area contributed by atoms with E-state index in [0.29, 0.717) is 16.5 Å². The lowest BCUT2D eigenvalue weighted by atomic mass is 9.94. The molecule has 1 rings (SSSR count). The fourth-order valence-corrected chi connectivity index (χ4v) is 2.09. The summed E-state index contributed by atoms with van der Waals surface area (Å²) in [5, 5.41) is 13.0. The zero-order valence-corrected chi connectivity index (χ0v) is 12.7. The van der Waals surface area contributed by atoms with Gasteiger partial charge in [0, 0.05) is 12.0 Å². The number of hydrogen-bond acceptors (Lipinski definition) is 2. The van der Waals surface area contributed by atoms with Gasteiger partial charge in [-0.05, 0) is 50.9 Å². The van der Waals surface area contributed by atoms with Crippen LogP contribution in [-0.4, -0.2) is 17.6 Å². The molecule has 1 aromatic rings. The molecule has 0 saturated carbocycles. The van der Waals surface area contributed by atoms with Crippen LogP contribution in [0.4, 0.5) is 0 Å². The van der Waals surface area contributed by atoms with Gasteiger partial charge in [0.05, 0.1) is 10.0 Å². The van der Waals surface area contributed by atoms with Crippen LogP contribution in [0.15, 0.2) is 18.2 Å². The average Bonchev–Trinajstić information content (AvgIpc) is 2.31. The molecule has 1 aromatic carbocycles. The number of halogens is 2. The Labute approximate surface area is 123 Å². The summed E-state index contributed by atoms with van der Waals surface area (Å²) in [6.45, 7) is 4.88. The van der Waals surface area contributed by atoms with E-state index in [1.807, 2.05) is 12.1 Å². The summed E-state index contributed by atoms with van der Waals surface area (Å²) in [4.78, 5) is 10.4. The number of carboxylic acids is 1. The zero-order chi connectivity index (χ0) is 14.5. The molecule has 0 bridgehead atoms. The van der Waals surface area contributed by atoms with Crippen molar-refractivity contribution < 1.29 is 9.90 Å². The topological polar surface area (TPSA) is 49.3 Å². The summed E-state index contributed by atoms with van der Waals surface area (Å²) in [6, 6.07) is 5.58. The van der Waals surface area contributed by atoms with Gasteiger partial charge >= 0.3 is 5.97 Å². The smallest absolute Gasteiger partial charge is 0.303 e. The van der Waals surface area contributed by atoms with E-state index in [-0.39, 0.29) is 12.0 Å². The minimum atomic E-state index is -0.747. The van der Waals surface area contributed by atoms with Crippen molar-refractivity contribution in [2.75, 3.05) is 6.54 Å². The van der Waals surface area contributed by atoms with E-state index in [0.717, 1.165) is 18.5 Å². The number of unbranched alkanes of at least 4 members (excludes halogenated alkanes) is 1. The molecule has 0 heterocycles. The van der Waals surface area contributed by atoms with Crippen molar-refractivity contribution in [1.29, 1.82) is 0 Å². The highest BCUT2D eigenvalue weighted by Gasteiger charge is 2.20. The summed E-state index contributed by atoms with van der Waals surface area (Å²) in [6.07, 6.45) is 1.73. The third kappa shape index (κ3) is 5.39. The normalized spacial score (nSPS) is 11.6. The van der Waals surface area contributed by atoms with Crippen molar-refractivity contribution >= 4 is 29.2 Å². The van der Waals surface area contributed by atoms with Gasteiger partial charge in [0.2, 0.25) is 0 Å². The average molecular weight is 304 g/mol. The zero-order valence-electron chi connectivity index (χ0n) is 11.2. The second-order valence-electron chi connectivity index (χ2n) is 5.03. The molecule has 0 radical (unpaired) electrons. The Kier molecular flexibility index (Phi) is 6.11. The number of nitrogens with one attached hydrogen (secondary N) is 1. The van der Waals surface area contributed by atoms with Gasteiger partial charge in [-0.2, -0.15) is 0 Å². The number of aliphatic carboxylic acids is 1. The summed E-state index contributed by atoms with van der Waals surface area (Å²) in [5.41, 5.74) is 0.831. The van der Waals surface area contributed by atoms with Crippen molar-refractivity contribution in [2.45, 2.75) is 38.6 Å². The third-order valence-electron chi connectivity index (χ3n) is 3.03. The first kappa shape index (κ1) is 16.3. The van der Waals surface area contributed by atoms with E-state index in [1.165, 1.54) is 0 Å². The lowest BCUT2D eigenvalue weighted by molar-refractivity contribution is -0.137. The fourth-order valence-electron chi connectivity index (χ4n) is 1.79. The monoisotopic (exact) mass is 303 g/mol. The van der Waals surface area contributed by atoms with Crippen LogP contribution < -0.4 is 5.32 Å². The van der Waals surface area contributed by atoms with E-state index in [2.05, 4.69) is 19.2 Å². The van der Waals surface area contributed by atoms with Gasteiger partial charge in [-0.3, -0.25) is 4.79 Å². The Hall–Kier alpha value is -0.770. The standard InChI is InChI=1S/C14H19Cl2NO2/c1-14(2,17-8-4-3-5-13(18)19)10-6-7-11(15)12(16)9-10/h6-7,9,17H,3-5,8H2,1-2H3,(H,18,19). The van der Waals surface area contributed by atoms with E-state index in [9.17, 15) is 4.79 Å². The number of hydrogen-bond donors (Lipinski definition) is 2. The van der Waals surface area contributed by atoms with Crippen molar-refractivity contribution in [3.05, 3.63) is 33.8 Å². The molecule has 106 valence electrons. The van der Waals surface area contributed by atoms with Gasteiger partial charge in [-0.1, -0.05) is 29.3 Å². The molecule has 3 nitrogen and oxygen atoms in total. The minimum absolute atomic E-state index is 0.217. The summed E-state index contributed by atoms with van der Waals surface area (Å²) in [7, 11) is 0. The van der Waals surface area contributed by atoms with Gasteiger partial charge < -0.3 is 10.4 Å². The number of carbonyl (C=O) groups is 1. The van der Waals surface area contributed by atoms with Crippen LogP contribution in [0.5, 0.6) is 0 Å². The molecule has 0 aliphatic heterocycles. The van der Waals surface area contributed by atoms with Crippen molar-refractivity contribution in [2.24, 2.45) is 0 Å². The molecule has 0 saturated heterocycles. The quantitative estimate of drug-likeness (QED) is 0.746. The SMILES string of the molecule is CC(C)(NCCCCC(=O)O)c1ccc(Cl)c(Cl)c1. The van der Waals surface area contributed by atoms with Crippen LogP contribution in [-0.2, 0) is 10.3 Å². The number of rotatable bonds is 7. The minimum Gasteiger partial charge on any atom is -0.481 e. The van der Waals surface area contributed by atoms with Gasteiger partial charge in [-0.15, -0.1) is 0 Å². The first-order chi connectivity index (χ1) is 8.83. The highest BCUT2D eigenvalue weighted by molar-refractivity contribution is 6.42. The molecule has 0 unspecified atom stereocenters. The Morgan fingerprint density at radius 3 is 2.53 bits per heavy atom. The second kappa shape index (κ2) is 7.13. The van der Waals surface area contributed by atoms with Gasteiger partial charge in [0.15, 0.2) is 0 Å². The Bertz CT molecular complexity index is 447. The predicted octanol–water partition coefficient (Wildman–Crippen LogP) is 4.07. The van der Waals surface area contributed by atoms with Crippen molar-refractivity contribution in [3.8, 4) is 0 Å². The van der Waals surface area contributed by atoms with E-state index < -0.39 is 5.97 Å². The number of carboxylic acid groups (broad SMARTS) is 1. The molecule has 0 fully saturated rings. The maximum Gasteiger partial charge on any atom is 0.303 e. The van der Waals surface area contributed by atoms with Crippen molar-refractivity contribution in [1.82, 2.24) is 5.32 Å². The van der Waals surface area contributed by atoms with Gasteiger partial charge in [0.1, 0.15) is 0 Å². The lowest BCUT2D eigenvalue weighted by Gasteiger charge is -2.27. The van der Waals surface area contributed by atoms with E-state index >= 15 is 0 Å². The summed E-state index contributed by atoms with van der Waals surface area (Å²) in [5.74, 6) is -0.747. The third-order valence-corrected chi connectivity index (χ3v) is 3.76. The second-order valence-corrected chi connectivity index (χ2v) is 5.85. The van der Waals surface area contributed by atoms with Crippen LogP contribution in [0.1, 0.15) is 38.7 Å². The van der Waals surface area contributed by atoms with Crippen LogP contribution in [0, 0.1) is 0 Å². The summed E-state index contributed by atoms with van der Waals surface area (Å²) < 4.78 is 0. The van der Waals surface area contributed by atoms with Gasteiger partial charge in [-0.25, -0.2) is 0 Å². The highest BCUT2D eigenvalue weighted by Crippen LogP contribution is 2.28. The highest BCUT2D eigenvalue weighted by atomic mass is 35.5. The lowest BCUT2D eigenvalue weighted by Crippen LogP contribution is -2.37. The molecule has 0 spiro atoms. The van der Waals surface area contributed by atoms with Gasteiger partial charge in [0.25, 0.3) is 0 Å². The molecular weight excluding hydrogens is 285 g/mol.